The number of rotatable bonds is 2. The lowest BCUT2D eigenvalue weighted by Crippen LogP contribution is -2.57. The zero-order chi connectivity index (χ0) is 27.1. The Morgan fingerprint density at radius 1 is 0.525 bits per heavy atom. The average molecular weight is 565 g/mol. The summed E-state index contributed by atoms with van der Waals surface area (Å²) in [4.78, 5) is 35.6. The van der Waals surface area contributed by atoms with Gasteiger partial charge in [-0.2, -0.15) is 0 Å². The number of hydrogen-bond acceptors (Lipinski definition) is 4. The van der Waals surface area contributed by atoms with Gasteiger partial charge >= 0.3 is 12.1 Å². The van der Waals surface area contributed by atoms with Gasteiger partial charge < -0.3 is 10.6 Å². The highest BCUT2D eigenvalue weighted by atomic mass is 32.2. The lowest BCUT2D eigenvalue weighted by Gasteiger charge is -2.38. The molecular formula is C32H28N4O2S2. The van der Waals surface area contributed by atoms with E-state index in [0.29, 0.717) is 0 Å². The molecule has 0 aromatic heterocycles. The van der Waals surface area contributed by atoms with Crippen LogP contribution in [0.2, 0.25) is 0 Å². The first-order valence-electron chi connectivity index (χ1n) is 13.6. The van der Waals surface area contributed by atoms with E-state index in [1.807, 2.05) is 97.1 Å². The number of urea groups is 2. The Morgan fingerprint density at radius 2 is 0.825 bits per heavy atom. The van der Waals surface area contributed by atoms with Gasteiger partial charge in [-0.3, -0.25) is 9.80 Å². The Hall–Kier alpha value is -3.88. The molecule has 0 saturated heterocycles. The molecule has 1 aliphatic carbocycles. The van der Waals surface area contributed by atoms with Crippen molar-refractivity contribution in [3.63, 3.8) is 0 Å². The number of hydrogen-bond donors (Lipinski definition) is 2. The van der Waals surface area contributed by atoms with Crippen molar-refractivity contribution in [3.05, 3.63) is 97.1 Å². The number of fused-ring (bicyclic) bond motifs is 4. The van der Waals surface area contributed by atoms with E-state index >= 15 is 0 Å². The molecule has 2 atom stereocenters. The highest BCUT2D eigenvalue weighted by Crippen LogP contribution is 2.49. The number of amides is 4. The fourth-order valence-corrected chi connectivity index (χ4v) is 7.89. The minimum atomic E-state index is -0.177. The number of anilines is 4. The Bertz CT molecular complexity index is 1400. The summed E-state index contributed by atoms with van der Waals surface area (Å²) in [5.41, 5.74) is 3.50. The van der Waals surface area contributed by atoms with Gasteiger partial charge in [-0.1, -0.05) is 84.9 Å². The van der Waals surface area contributed by atoms with Crippen molar-refractivity contribution in [2.75, 3.05) is 9.80 Å². The number of nitrogens with one attached hydrogen (secondary N) is 2. The van der Waals surface area contributed by atoms with Crippen molar-refractivity contribution in [2.45, 2.75) is 57.3 Å². The molecular weight excluding hydrogens is 537 g/mol. The molecule has 4 aromatic rings. The maximum Gasteiger partial charge on any atom is 0.326 e. The molecule has 1 fully saturated rings. The highest BCUT2D eigenvalue weighted by molar-refractivity contribution is 8.00. The Labute approximate surface area is 242 Å². The summed E-state index contributed by atoms with van der Waals surface area (Å²) in [6.07, 6.45) is 3.63. The van der Waals surface area contributed by atoms with E-state index in [0.717, 1.165) is 68.0 Å². The van der Waals surface area contributed by atoms with E-state index in [2.05, 4.69) is 10.6 Å². The molecule has 0 spiro atoms. The van der Waals surface area contributed by atoms with Crippen LogP contribution in [0.5, 0.6) is 0 Å². The van der Waals surface area contributed by atoms with Gasteiger partial charge in [0.25, 0.3) is 0 Å². The fraction of sp³-hybridized carbons (Fsp3) is 0.188. The molecule has 7 rings (SSSR count). The monoisotopic (exact) mass is 564 g/mol. The first-order chi connectivity index (χ1) is 19.7. The molecule has 4 aromatic carbocycles. The van der Waals surface area contributed by atoms with Crippen LogP contribution >= 0.6 is 23.5 Å². The van der Waals surface area contributed by atoms with Gasteiger partial charge in [-0.05, 0) is 61.4 Å². The minimum Gasteiger partial charge on any atom is -0.333 e. The van der Waals surface area contributed by atoms with Crippen molar-refractivity contribution in [2.24, 2.45) is 0 Å². The molecule has 6 nitrogen and oxygen atoms in total. The second-order valence-corrected chi connectivity index (χ2v) is 12.3. The third-order valence-corrected chi connectivity index (χ3v) is 9.91. The fourth-order valence-electron chi connectivity index (χ4n) is 5.77. The molecule has 2 heterocycles. The van der Waals surface area contributed by atoms with Crippen LogP contribution in [-0.2, 0) is 0 Å². The van der Waals surface area contributed by atoms with Crippen LogP contribution < -0.4 is 20.4 Å². The molecule has 0 radical (unpaired) electrons. The van der Waals surface area contributed by atoms with E-state index in [1.165, 1.54) is 0 Å². The summed E-state index contributed by atoms with van der Waals surface area (Å²) in [5, 5.41) is 6.61. The lowest BCUT2D eigenvalue weighted by atomic mass is 9.90. The van der Waals surface area contributed by atoms with E-state index in [-0.39, 0.29) is 24.1 Å². The Kier molecular flexibility index (Phi) is 6.65. The van der Waals surface area contributed by atoms with Gasteiger partial charge in [0.15, 0.2) is 0 Å². The second-order valence-electron chi connectivity index (χ2n) is 10.1. The van der Waals surface area contributed by atoms with Crippen LogP contribution in [-0.4, -0.2) is 24.1 Å². The third kappa shape index (κ3) is 4.51. The van der Waals surface area contributed by atoms with Crippen LogP contribution in [0.15, 0.2) is 117 Å². The lowest BCUT2D eigenvalue weighted by molar-refractivity contribution is 0.221. The van der Waals surface area contributed by atoms with Gasteiger partial charge in [0.2, 0.25) is 0 Å². The van der Waals surface area contributed by atoms with E-state index < -0.39 is 0 Å². The number of para-hydroxylation sites is 4. The molecule has 2 N–H and O–H groups in total. The second kappa shape index (κ2) is 10.6. The summed E-state index contributed by atoms with van der Waals surface area (Å²) >= 11 is 3.35. The normalized spacial score (nSPS) is 19.0. The van der Waals surface area contributed by atoms with Crippen LogP contribution in [0.4, 0.5) is 32.3 Å². The van der Waals surface area contributed by atoms with Crippen molar-refractivity contribution >= 4 is 58.3 Å². The summed E-state index contributed by atoms with van der Waals surface area (Å²) in [7, 11) is 0. The molecule has 200 valence electrons. The van der Waals surface area contributed by atoms with Crippen LogP contribution in [0.3, 0.4) is 0 Å². The number of carbonyl (C=O) groups is 2. The molecule has 40 heavy (non-hydrogen) atoms. The van der Waals surface area contributed by atoms with Gasteiger partial charge in [-0.25, -0.2) is 9.59 Å². The average Bonchev–Trinajstić information content (AvgIpc) is 2.99. The van der Waals surface area contributed by atoms with Gasteiger partial charge in [0, 0.05) is 19.6 Å². The molecule has 4 amide bonds. The first kappa shape index (κ1) is 25.1. The number of carbonyl (C=O) groups excluding carboxylic acids is 2. The standard InChI is InChI=1S/C32H28N4O2S2/c37-31(35-23-13-3-7-17-27(23)39-28-18-8-4-14-24(28)35)33-21-11-1-2-12-22(21)34-32(38)36-25-15-5-9-19-29(25)40-30-20-10-6-16-26(30)36/h3-10,13-22H,1-2,11-12H2,(H,33,37)(H,34,38). The third-order valence-electron chi connectivity index (χ3n) is 7.65. The van der Waals surface area contributed by atoms with Crippen LogP contribution in [0, 0.1) is 0 Å². The van der Waals surface area contributed by atoms with Crippen molar-refractivity contribution in [1.29, 1.82) is 0 Å². The number of nitrogens with zero attached hydrogens (tertiary/aromatic N) is 2. The predicted octanol–water partition coefficient (Wildman–Crippen LogP) is 8.32. The van der Waals surface area contributed by atoms with E-state index in [1.54, 1.807) is 33.3 Å². The Balaban J connectivity index is 1.15. The van der Waals surface area contributed by atoms with Crippen molar-refractivity contribution in [3.8, 4) is 0 Å². The zero-order valence-corrected chi connectivity index (χ0v) is 23.4. The quantitative estimate of drug-likeness (QED) is 0.257. The smallest absolute Gasteiger partial charge is 0.326 e. The van der Waals surface area contributed by atoms with E-state index in [9.17, 15) is 9.59 Å². The SMILES string of the molecule is O=C(NC1CCCCC1NC(=O)N1c2ccccc2Sc2ccccc21)N1c2ccccc2Sc2ccccc21. The maximum atomic E-state index is 13.9. The molecule has 2 unspecified atom stereocenters. The van der Waals surface area contributed by atoms with E-state index in [4.69, 9.17) is 0 Å². The van der Waals surface area contributed by atoms with Crippen LogP contribution in [0.1, 0.15) is 25.7 Å². The molecule has 0 bridgehead atoms. The summed E-state index contributed by atoms with van der Waals surface area (Å²) < 4.78 is 0. The minimum absolute atomic E-state index is 0.170. The largest absolute Gasteiger partial charge is 0.333 e. The van der Waals surface area contributed by atoms with Crippen LogP contribution in [0.25, 0.3) is 0 Å². The first-order valence-corrected chi connectivity index (χ1v) is 15.2. The van der Waals surface area contributed by atoms with Gasteiger partial charge in [0.1, 0.15) is 0 Å². The zero-order valence-electron chi connectivity index (χ0n) is 21.7. The van der Waals surface area contributed by atoms with Crippen molar-refractivity contribution in [1.82, 2.24) is 10.6 Å². The summed E-state index contributed by atoms with van der Waals surface area (Å²) in [5.74, 6) is 0. The topological polar surface area (TPSA) is 64.7 Å². The molecule has 1 saturated carbocycles. The maximum absolute atomic E-state index is 13.9. The molecule has 8 heteroatoms. The van der Waals surface area contributed by atoms with Crippen molar-refractivity contribution < 1.29 is 9.59 Å². The predicted molar refractivity (Wildman–Crippen MR) is 161 cm³/mol. The van der Waals surface area contributed by atoms with Gasteiger partial charge in [-0.15, -0.1) is 0 Å². The highest BCUT2D eigenvalue weighted by Gasteiger charge is 2.35. The summed E-state index contributed by atoms with van der Waals surface area (Å²) in [6.45, 7) is 0. The van der Waals surface area contributed by atoms with Gasteiger partial charge in [0.05, 0.1) is 34.8 Å². The summed E-state index contributed by atoms with van der Waals surface area (Å²) in [6, 6.07) is 31.3. The Morgan fingerprint density at radius 3 is 1.15 bits per heavy atom. The number of benzene rings is 4. The molecule has 3 aliphatic rings. The molecule has 2 aliphatic heterocycles.